The van der Waals surface area contributed by atoms with Crippen molar-refractivity contribution in [3.05, 3.63) is 83.4 Å². The van der Waals surface area contributed by atoms with Crippen molar-refractivity contribution in [2.45, 2.75) is 20.3 Å². The fraction of sp³-hybridized carbons (Fsp3) is 0.136. The number of halogens is 1. The molecule has 0 radical (unpaired) electrons. The summed E-state index contributed by atoms with van der Waals surface area (Å²) in [6, 6.07) is 17.6. The van der Waals surface area contributed by atoms with Crippen molar-refractivity contribution in [1.82, 2.24) is 14.6 Å². The molecule has 5 nitrogen and oxygen atoms in total. The number of carbonyl (C=O) groups is 1. The van der Waals surface area contributed by atoms with Crippen molar-refractivity contribution in [2.75, 3.05) is 5.32 Å². The number of hydrogen-bond acceptors (Lipinski definition) is 3. The van der Waals surface area contributed by atoms with Gasteiger partial charge in [-0.25, -0.2) is 13.9 Å². The lowest BCUT2D eigenvalue weighted by Crippen LogP contribution is -2.15. The number of aryl methyl sites for hydroxylation is 2. The summed E-state index contributed by atoms with van der Waals surface area (Å²) in [6.07, 6.45) is 0.133. The summed E-state index contributed by atoms with van der Waals surface area (Å²) >= 11 is 0. The summed E-state index contributed by atoms with van der Waals surface area (Å²) in [5.74, 6) is -0.0890. The van der Waals surface area contributed by atoms with E-state index < -0.39 is 0 Å². The maximum absolute atomic E-state index is 13.1. The molecule has 0 fully saturated rings. The first kappa shape index (κ1) is 17.9. The minimum Gasteiger partial charge on any atom is -0.308 e. The highest BCUT2D eigenvalue weighted by Crippen LogP contribution is 2.32. The highest BCUT2D eigenvalue weighted by molar-refractivity contribution is 5.98. The Labute approximate surface area is 161 Å². The zero-order chi connectivity index (χ0) is 19.7. The molecule has 2 heterocycles. The molecule has 0 bridgehead atoms. The Hall–Kier alpha value is -3.54. The van der Waals surface area contributed by atoms with E-state index in [0.717, 1.165) is 28.1 Å². The Balaban J connectivity index is 1.74. The average Bonchev–Trinajstić information content (AvgIpc) is 3.02. The zero-order valence-corrected chi connectivity index (χ0v) is 15.6. The second-order valence-electron chi connectivity index (χ2n) is 6.72. The minimum atomic E-state index is -0.326. The minimum absolute atomic E-state index is 0.133. The van der Waals surface area contributed by atoms with E-state index in [1.165, 1.54) is 12.1 Å². The molecule has 4 aromatic rings. The highest BCUT2D eigenvalue weighted by Gasteiger charge is 2.19. The highest BCUT2D eigenvalue weighted by atomic mass is 19.1. The van der Waals surface area contributed by atoms with E-state index in [2.05, 4.69) is 15.4 Å². The topological polar surface area (TPSA) is 59.3 Å². The molecule has 140 valence electrons. The van der Waals surface area contributed by atoms with Crippen LogP contribution in [-0.4, -0.2) is 20.5 Å². The Morgan fingerprint density at radius 3 is 2.50 bits per heavy atom. The van der Waals surface area contributed by atoms with Crippen LogP contribution in [-0.2, 0) is 11.2 Å². The van der Waals surface area contributed by atoms with Gasteiger partial charge in [0.15, 0.2) is 11.5 Å². The van der Waals surface area contributed by atoms with Crippen molar-refractivity contribution in [1.29, 1.82) is 0 Å². The molecule has 0 saturated carbocycles. The summed E-state index contributed by atoms with van der Waals surface area (Å²) in [5, 5.41) is 7.49. The van der Waals surface area contributed by atoms with Crippen molar-refractivity contribution < 1.29 is 9.18 Å². The molecule has 28 heavy (non-hydrogen) atoms. The maximum atomic E-state index is 13.1. The number of rotatable bonds is 4. The summed E-state index contributed by atoms with van der Waals surface area (Å²) in [5.41, 5.74) is 4.94. The SMILES string of the molecule is Cc1cc(C)n2nc(NC(=O)Cc3ccc(F)cc3)c(-c3ccccc3)c2n1. The fourth-order valence-corrected chi connectivity index (χ4v) is 3.24. The first-order valence-electron chi connectivity index (χ1n) is 8.98. The largest absolute Gasteiger partial charge is 0.308 e. The molecular weight excluding hydrogens is 355 g/mol. The van der Waals surface area contributed by atoms with Gasteiger partial charge in [0, 0.05) is 11.4 Å². The van der Waals surface area contributed by atoms with Crippen LogP contribution >= 0.6 is 0 Å². The summed E-state index contributed by atoms with van der Waals surface area (Å²) in [7, 11) is 0. The van der Waals surface area contributed by atoms with Crippen LogP contribution in [0.3, 0.4) is 0 Å². The molecule has 4 rings (SSSR count). The molecule has 0 saturated heterocycles. The number of anilines is 1. The molecule has 0 atom stereocenters. The first-order chi connectivity index (χ1) is 13.5. The van der Waals surface area contributed by atoms with Crippen LogP contribution in [0.4, 0.5) is 10.2 Å². The Morgan fingerprint density at radius 2 is 1.79 bits per heavy atom. The predicted molar refractivity (Wildman–Crippen MR) is 107 cm³/mol. The third kappa shape index (κ3) is 3.49. The van der Waals surface area contributed by atoms with Crippen molar-refractivity contribution >= 4 is 17.4 Å². The van der Waals surface area contributed by atoms with E-state index >= 15 is 0 Å². The number of fused-ring (bicyclic) bond motifs is 1. The van der Waals surface area contributed by atoms with E-state index in [0.29, 0.717) is 11.5 Å². The summed E-state index contributed by atoms with van der Waals surface area (Å²) in [4.78, 5) is 17.2. The number of nitrogens with zero attached hydrogens (tertiary/aromatic N) is 3. The van der Waals surface area contributed by atoms with Crippen molar-refractivity contribution in [2.24, 2.45) is 0 Å². The van der Waals surface area contributed by atoms with Gasteiger partial charge in [0.1, 0.15) is 5.82 Å². The third-order valence-corrected chi connectivity index (χ3v) is 4.49. The van der Waals surface area contributed by atoms with Gasteiger partial charge in [-0.1, -0.05) is 42.5 Å². The number of benzene rings is 2. The Bertz CT molecular complexity index is 1150. The van der Waals surface area contributed by atoms with Gasteiger partial charge in [-0.15, -0.1) is 5.10 Å². The van der Waals surface area contributed by atoms with Gasteiger partial charge in [-0.3, -0.25) is 4.79 Å². The molecule has 0 aliphatic carbocycles. The standard InChI is InChI=1S/C22H19FN4O/c1-14-12-15(2)27-22(24-14)20(17-6-4-3-5-7-17)21(26-27)25-19(28)13-16-8-10-18(23)11-9-16/h3-12H,13H2,1-2H3,(H,25,26,28). The first-order valence-corrected chi connectivity index (χ1v) is 8.98. The molecule has 0 spiro atoms. The van der Waals surface area contributed by atoms with Crippen LogP contribution in [0.1, 0.15) is 17.0 Å². The van der Waals surface area contributed by atoms with E-state index in [1.807, 2.05) is 50.2 Å². The molecule has 2 aromatic heterocycles. The second-order valence-corrected chi connectivity index (χ2v) is 6.72. The van der Waals surface area contributed by atoms with Crippen LogP contribution in [0.25, 0.3) is 16.8 Å². The van der Waals surface area contributed by atoms with Crippen LogP contribution in [0.5, 0.6) is 0 Å². The predicted octanol–water partition coefficient (Wildman–Crippen LogP) is 4.33. The number of hydrogen-bond donors (Lipinski definition) is 1. The molecule has 1 amide bonds. The number of amides is 1. The molecule has 0 aliphatic heterocycles. The lowest BCUT2D eigenvalue weighted by molar-refractivity contribution is -0.115. The number of carbonyl (C=O) groups excluding carboxylic acids is 1. The van der Waals surface area contributed by atoms with Gasteiger partial charge in [0.25, 0.3) is 0 Å². The molecule has 0 aliphatic rings. The van der Waals surface area contributed by atoms with Gasteiger partial charge in [-0.2, -0.15) is 0 Å². The maximum Gasteiger partial charge on any atom is 0.230 e. The van der Waals surface area contributed by atoms with E-state index in [-0.39, 0.29) is 18.1 Å². The third-order valence-electron chi connectivity index (χ3n) is 4.49. The van der Waals surface area contributed by atoms with E-state index in [9.17, 15) is 9.18 Å². The number of nitrogens with one attached hydrogen (secondary N) is 1. The van der Waals surface area contributed by atoms with E-state index in [1.54, 1.807) is 16.6 Å². The van der Waals surface area contributed by atoms with Crippen LogP contribution in [0, 0.1) is 19.7 Å². The lowest BCUT2D eigenvalue weighted by atomic mass is 10.1. The Morgan fingerprint density at radius 1 is 1.07 bits per heavy atom. The lowest BCUT2D eigenvalue weighted by Gasteiger charge is -2.06. The quantitative estimate of drug-likeness (QED) is 0.578. The summed E-state index contributed by atoms with van der Waals surface area (Å²) in [6.45, 7) is 3.88. The molecule has 6 heteroatoms. The van der Waals surface area contributed by atoms with Gasteiger partial charge in [-0.05, 0) is 43.2 Å². The molecule has 1 N–H and O–H groups in total. The summed E-state index contributed by atoms with van der Waals surface area (Å²) < 4.78 is 14.8. The van der Waals surface area contributed by atoms with Gasteiger partial charge < -0.3 is 5.32 Å². The van der Waals surface area contributed by atoms with Crippen molar-refractivity contribution in [3.8, 4) is 11.1 Å². The second kappa shape index (κ2) is 7.23. The van der Waals surface area contributed by atoms with E-state index in [4.69, 9.17) is 0 Å². The molecule has 0 unspecified atom stereocenters. The smallest absolute Gasteiger partial charge is 0.230 e. The molecule has 2 aromatic carbocycles. The fourth-order valence-electron chi connectivity index (χ4n) is 3.24. The van der Waals surface area contributed by atoms with Crippen LogP contribution in [0.15, 0.2) is 60.7 Å². The van der Waals surface area contributed by atoms with Gasteiger partial charge in [0.2, 0.25) is 5.91 Å². The van der Waals surface area contributed by atoms with Gasteiger partial charge in [0.05, 0.1) is 12.0 Å². The van der Waals surface area contributed by atoms with Crippen LogP contribution in [0.2, 0.25) is 0 Å². The average molecular weight is 374 g/mol. The number of aromatic nitrogens is 3. The Kier molecular flexibility index (Phi) is 4.61. The van der Waals surface area contributed by atoms with Crippen molar-refractivity contribution in [3.63, 3.8) is 0 Å². The van der Waals surface area contributed by atoms with Crippen LogP contribution < -0.4 is 5.32 Å². The van der Waals surface area contributed by atoms with Gasteiger partial charge >= 0.3 is 0 Å². The monoisotopic (exact) mass is 374 g/mol. The normalized spacial score (nSPS) is 11.0. The molecular formula is C22H19FN4O. The zero-order valence-electron chi connectivity index (χ0n) is 15.6.